The molecule has 6 nitrogen and oxygen atoms in total. The molecule has 1 aromatic rings. The van der Waals surface area contributed by atoms with Gasteiger partial charge < -0.3 is 4.90 Å². The van der Waals surface area contributed by atoms with E-state index < -0.39 is 0 Å². The summed E-state index contributed by atoms with van der Waals surface area (Å²) in [5, 5.41) is 9.44. The summed E-state index contributed by atoms with van der Waals surface area (Å²) >= 11 is 1.48. The minimum atomic E-state index is 0.0168. The monoisotopic (exact) mass is 347 g/mol. The Morgan fingerprint density at radius 3 is 2.75 bits per heavy atom. The van der Waals surface area contributed by atoms with Crippen molar-refractivity contribution >= 4 is 17.5 Å². The number of piperidine rings is 1. The van der Waals surface area contributed by atoms with E-state index in [0.29, 0.717) is 6.42 Å². The van der Waals surface area contributed by atoms with Gasteiger partial charge >= 0.3 is 0 Å². The number of Topliss-reactive ketones (excluding diaryl/α,β-unsaturated/α-hetero) is 1. The Morgan fingerprint density at radius 2 is 1.96 bits per heavy atom. The number of rotatable bonds is 3. The molecule has 4 rings (SSSR count). The number of nitrogens with zero attached hydrogens (tertiary/aromatic N) is 4. The number of thioether (sulfide) groups is 1. The van der Waals surface area contributed by atoms with E-state index in [1.807, 2.05) is 4.68 Å². The number of allylic oxidation sites excluding steroid dienone is 2. The zero-order valence-electron chi connectivity index (χ0n) is 14.5. The first-order valence-corrected chi connectivity index (χ1v) is 9.71. The summed E-state index contributed by atoms with van der Waals surface area (Å²) in [5.41, 5.74) is 4.48. The van der Waals surface area contributed by atoms with Gasteiger partial charge in [0.2, 0.25) is 5.16 Å². The van der Waals surface area contributed by atoms with Gasteiger partial charge in [-0.05, 0) is 49.5 Å². The highest BCUT2D eigenvalue weighted by atomic mass is 32.2. The van der Waals surface area contributed by atoms with E-state index in [4.69, 9.17) is 0 Å². The molecule has 1 aromatic heterocycles. The molecule has 0 aromatic carbocycles. The van der Waals surface area contributed by atoms with Gasteiger partial charge in [-0.15, -0.1) is 10.2 Å². The van der Waals surface area contributed by atoms with E-state index in [-0.39, 0.29) is 11.2 Å². The summed E-state index contributed by atoms with van der Waals surface area (Å²) in [4.78, 5) is 15.8. The largest absolute Gasteiger partial charge is 0.303 e. The average Bonchev–Trinajstić information content (AvgIpc) is 2.93. The standard InChI is InChI=1S/C17H25N5OS/c1-17(2)10-12-15(13(23)11-17)24-16-19-18-14(22(16)20-12)6-9-21-7-4-3-5-8-21/h20H,3-11H2,1-2H3. The molecule has 0 radical (unpaired) electrons. The Labute approximate surface area is 147 Å². The molecular weight excluding hydrogens is 322 g/mol. The van der Waals surface area contributed by atoms with Gasteiger partial charge in [-0.1, -0.05) is 20.3 Å². The van der Waals surface area contributed by atoms with Crippen molar-refractivity contribution in [1.82, 2.24) is 19.8 Å². The lowest BCUT2D eigenvalue weighted by Crippen LogP contribution is -2.35. The molecule has 0 unspecified atom stereocenters. The summed E-state index contributed by atoms with van der Waals surface area (Å²) in [5.74, 6) is 1.19. The molecule has 1 saturated heterocycles. The van der Waals surface area contributed by atoms with Crippen molar-refractivity contribution in [2.45, 2.75) is 57.5 Å². The third-order valence-electron chi connectivity index (χ3n) is 5.06. The van der Waals surface area contributed by atoms with Crippen LogP contribution in [0.2, 0.25) is 0 Å². The first-order chi connectivity index (χ1) is 11.5. The summed E-state index contributed by atoms with van der Waals surface area (Å²) < 4.78 is 1.99. The van der Waals surface area contributed by atoms with Crippen LogP contribution in [0.4, 0.5) is 0 Å². The number of nitrogens with one attached hydrogen (secondary N) is 1. The number of carbonyl (C=O) groups excluding carboxylic acids is 1. The Kier molecular flexibility index (Phi) is 4.16. The molecule has 0 spiro atoms. The minimum Gasteiger partial charge on any atom is -0.303 e. The highest BCUT2D eigenvalue weighted by Crippen LogP contribution is 2.43. The van der Waals surface area contributed by atoms with Gasteiger partial charge in [0, 0.05) is 19.4 Å². The zero-order valence-corrected chi connectivity index (χ0v) is 15.3. The first kappa shape index (κ1) is 16.1. The number of fused-ring (bicyclic) bond motifs is 1. The van der Waals surface area contributed by atoms with Gasteiger partial charge in [-0.2, -0.15) is 0 Å². The fraction of sp³-hybridized carbons (Fsp3) is 0.706. The van der Waals surface area contributed by atoms with E-state index in [2.05, 4.69) is 34.4 Å². The van der Waals surface area contributed by atoms with Crippen LogP contribution in [0, 0.1) is 5.41 Å². The summed E-state index contributed by atoms with van der Waals surface area (Å²) in [7, 11) is 0. The van der Waals surface area contributed by atoms with Crippen LogP contribution in [-0.4, -0.2) is 45.2 Å². The predicted octanol–water partition coefficient (Wildman–Crippen LogP) is 2.56. The van der Waals surface area contributed by atoms with Crippen molar-refractivity contribution in [1.29, 1.82) is 0 Å². The van der Waals surface area contributed by atoms with Gasteiger partial charge in [0.05, 0.1) is 10.6 Å². The van der Waals surface area contributed by atoms with Crippen LogP contribution in [0.1, 0.15) is 51.8 Å². The second-order valence-electron chi connectivity index (χ2n) is 7.85. The molecule has 1 fully saturated rings. The second kappa shape index (κ2) is 6.19. The lowest BCUT2D eigenvalue weighted by atomic mass is 9.79. The first-order valence-electron chi connectivity index (χ1n) is 8.90. The van der Waals surface area contributed by atoms with Crippen LogP contribution in [-0.2, 0) is 11.2 Å². The van der Waals surface area contributed by atoms with Crippen LogP contribution in [0.5, 0.6) is 0 Å². The minimum absolute atomic E-state index is 0.0168. The number of aromatic nitrogens is 3. The van der Waals surface area contributed by atoms with Gasteiger partial charge in [0.25, 0.3) is 0 Å². The average molecular weight is 347 g/mol. The quantitative estimate of drug-likeness (QED) is 0.907. The molecule has 7 heteroatoms. The van der Waals surface area contributed by atoms with Crippen molar-refractivity contribution in [3.8, 4) is 0 Å². The highest BCUT2D eigenvalue weighted by molar-refractivity contribution is 8.04. The molecular formula is C17H25N5OS. The van der Waals surface area contributed by atoms with E-state index >= 15 is 0 Å². The lowest BCUT2D eigenvalue weighted by Gasteiger charge is -2.34. The van der Waals surface area contributed by atoms with Crippen LogP contribution >= 0.6 is 11.8 Å². The maximum atomic E-state index is 12.4. The smallest absolute Gasteiger partial charge is 0.215 e. The molecule has 0 atom stereocenters. The van der Waals surface area contributed by atoms with Crippen molar-refractivity contribution in [3.05, 3.63) is 16.4 Å². The Morgan fingerprint density at radius 1 is 1.17 bits per heavy atom. The maximum Gasteiger partial charge on any atom is 0.215 e. The van der Waals surface area contributed by atoms with E-state index in [1.54, 1.807) is 0 Å². The van der Waals surface area contributed by atoms with Crippen molar-refractivity contribution < 1.29 is 4.79 Å². The van der Waals surface area contributed by atoms with Gasteiger partial charge in [-0.25, -0.2) is 4.68 Å². The molecule has 2 aliphatic heterocycles. The van der Waals surface area contributed by atoms with E-state index in [0.717, 1.165) is 41.0 Å². The van der Waals surface area contributed by atoms with Crippen LogP contribution in [0.3, 0.4) is 0 Å². The van der Waals surface area contributed by atoms with Crippen LogP contribution < -0.4 is 5.43 Å². The Bertz CT molecular complexity index is 687. The molecule has 3 aliphatic rings. The Balaban J connectivity index is 1.49. The zero-order chi connectivity index (χ0) is 16.7. The Hall–Kier alpha value is -1.34. The van der Waals surface area contributed by atoms with Crippen LogP contribution in [0.25, 0.3) is 0 Å². The second-order valence-corrected chi connectivity index (χ2v) is 8.83. The highest BCUT2D eigenvalue weighted by Gasteiger charge is 2.37. The fourth-order valence-electron chi connectivity index (χ4n) is 3.82. The van der Waals surface area contributed by atoms with Gasteiger partial charge in [0.1, 0.15) is 0 Å². The number of likely N-dealkylation sites (tertiary alicyclic amines) is 1. The van der Waals surface area contributed by atoms with Crippen LogP contribution in [0.15, 0.2) is 15.8 Å². The molecule has 1 aliphatic carbocycles. The van der Waals surface area contributed by atoms with E-state index in [1.165, 1.54) is 44.1 Å². The maximum absolute atomic E-state index is 12.4. The number of hydrogen-bond donors (Lipinski definition) is 1. The molecule has 3 heterocycles. The third-order valence-corrected chi connectivity index (χ3v) is 6.19. The molecule has 0 amide bonds. The topological polar surface area (TPSA) is 63.1 Å². The van der Waals surface area contributed by atoms with Crippen molar-refractivity contribution in [2.75, 3.05) is 25.1 Å². The summed E-state index contributed by atoms with van der Waals surface area (Å²) in [6.45, 7) is 7.73. The lowest BCUT2D eigenvalue weighted by molar-refractivity contribution is -0.117. The SMILES string of the molecule is CC1(C)CC(=O)C2=C(C1)Nn1c(CCN3CCCCC3)nnc1S2. The molecule has 0 bridgehead atoms. The van der Waals surface area contributed by atoms with E-state index in [9.17, 15) is 4.79 Å². The van der Waals surface area contributed by atoms with Crippen molar-refractivity contribution in [3.63, 3.8) is 0 Å². The number of hydrogen-bond acceptors (Lipinski definition) is 6. The van der Waals surface area contributed by atoms with Crippen molar-refractivity contribution in [2.24, 2.45) is 5.41 Å². The normalized spacial score (nSPS) is 23.7. The number of ketones is 1. The predicted molar refractivity (Wildman–Crippen MR) is 94.3 cm³/mol. The molecule has 1 N–H and O–H groups in total. The molecule has 0 saturated carbocycles. The van der Waals surface area contributed by atoms with Gasteiger partial charge in [0.15, 0.2) is 11.6 Å². The molecule has 130 valence electrons. The third kappa shape index (κ3) is 3.11. The van der Waals surface area contributed by atoms with Gasteiger partial charge in [-0.3, -0.25) is 10.2 Å². The fourth-order valence-corrected chi connectivity index (χ4v) is 4.75. The number of carbonyl (C=O) groups is 1. The summed E-state index contributed by atoms with van der Waals surface area (Å²) in [6, 6.07) is 0. The molecule has 24 heavy (non-hydrogen) atoms. The summed E-state index contributed by atoms with van der Waals surface area (Å²) in [6.07, 6.45) is 6.36.